The molecule has 0 radical (unpaired) electrons. The van der Waals surface area contributed by atoms with Crippen LogP contribution in [0.3, 0.4) is 0 Å². The number of carboxylic acid groups (broad SMARTS) is 2. The molecule has 1 aliphatic heterocycles. The fourth-order valence-electron chi connectivity index (χ4n) is 4.13. The molecule has 0 spiro atoms. The maximum atomic E-state index is 12.0. The van der Waals surface area contributed by atoms with Crippen molar-refractivity contribution in [2.75, 3.05) is 18.0 Å². The molecule has 0 saturated carbocycles. The quantitative estimate of drug-likeness (QED) is 0.673. The maximum Gasteiger partial charge on any atom is 0.314 e. The highest BCUT2D eigenvalue weighted by atomic mass is 16.4. The molecule has 1 fully saturated rings. The van der Waals surface area contributed by atoms with Gasteiger partial charge >= 0.3 is 5.97 Å². The van der Waals surface area contributed by atoms with Crippen molar-refractivity contribution in [2.45, 2.75) is 53.1 Å². The van der Waals surface area contributed by atoms with Crippen molar-refractivity contribution in [3.8, 4) is 0 Å². The predicted octanol–water partition coefficient (Wildman–Crippen LogP) is 3.30. The van der Waals surface area contributed by atoms with E-state index in [2.05, 4.69) is 32.9 Å². The number of aromatic nitrogens is 1. The van der Waals surface area contributed by atoms with E-state index in [9.17, 15) is 15.0 Å². The molecule has 0 amide bonds. The number of benzene rings is 1. The van der Waals surface area contributed by atoms with E-state index in [0.29, 0.717) is 25.9 Å². The lowest BCUT2D eigenvalue weighted by Gasteiger charge is -2.44. The fourth-order valence-corrected chi connectivity index (χ4v) is 4.13. The normalized spacial score (nSPS) is 21.4. The molecule has 158 valence electrons. The number of piperidine rings is 1. The SMILES string of the molecule is CCC[C@]1(C(=O)O)CN(c2cc(C)c3ccc(C)c(C)c3n2)CC[C@H]1O.O=CO. The zero-order valence-corrected chi connectivity index (χ0v) is 17.5. The van der Waals surface area contributed by atoms with E-state index in [1.807, 2.05) is 17.9 Å². The fraction of sp³-hybridized carbons (Fsp3) is 0.500. The molecule has 1 aromatic carbocycles. The Labute approximate surface area is 171 Å². The number of aryl methyl sites for hydroxylation is 3. The molecule has 2 aromatic rings. The number of nitrogens with zero attached hydrogens (tertiary/aromatic N) is 2. The van der Waals surface area contributed by atoms with Crippen LogP contribution in [0.4, 0.5) is 5.82 Å². The lowest BCUT2D eigenvalue weighted by atomic mass is 9.74. The summed E-state index contributed by atoms with van der Waals surface area (Å²) in [6, 6.07) is 6.25. The molecular weight excluding hydrogens is 372 g/mol. The van der Waals surface area contributed by atoms with Gasteiger partial charge in [0.25, 0.3) is 6.47 Å². The molecule has 1 saturated heterocycles. The largest absolute Gasteiger partial charge is 0.483 e. The molecular formula is C22H30N2O5. The summed E-state index contributed by atoms with van der Waals surface area (Å²) in [5.74, 6) is -0.113. The Balaban J connectivity index is 0.000000941. The van der Waals surface area contributed by atoms with Crippen LogP contribution in [-0.2, 0) is 9.59 Å². The van der Waals surface area contributed by atoms with Crippen molar-refractivity contribution in [2.24, 2.45) is 5.41 Å². The highest BCUT2D eigenvalue weighted by Gasteiger charge is 2.48. The number of carbonyl (C=O) groups is 2. The van der Waals surface area contributed by atoms with E-state index < -0.39 is 17.5 Å². The van der Waals surface area contributed by atoms with E-state index in [1.54, 1.807) is 0 Å². The zero-order valence-electron chi connectivity index (χ0n) is 17.5. The van der Waals surface area contributed by atoms with Gasteiger partial charge in [-0.3, -0.25) is 9.59 Å². The number of rotatable bonds is 4. The lowest BCUT2D eigenvalue weighted by molar-refractivity contribution is -0.158. The van der Waals surface area contributed by atoms with Gasteiger partial charge in [0.05, 0.1) is 11.6 Å². The van der Waals surface area contributed by atoms with Crippen molar-refractivity contribution in [3.05, 3.63) is 34.9 Å². The summed E-state index contributed by atoms with van der Waals surface area (Å²) < 4.78 is 0. The lowest BCUT2D eigenvalue weighted by Crippen LogP contribution is -2.56. The zero-order chi connectivity index (χ0) is 21.8. The van der Waals surface area contributed by atoms with Crippen LogP contribution in [0.25, 0.3) is 10.9 Å². The molecule has 0 unspecified atom stereocenters. The minimum absolute atomic E-state index is 0.250. The number of hydrogen-bond donors (Lipinski definition) is 3. The summed E-state index contributed by atoms with van der Waals surface area (Å²) in [6.45, 7) is 8.83. The van der Waals surface area contributed by atoms with Gasteiger partial charge in [-0.05, 0) is 56.4 Å². The van der Waals surface area contributed by atoms with Gasteiger partial charge in [-0.15, -0.1) is 0 Å². The van der Waals surface area contributed by atoms with Crippen LogP contribution in [0.1, 0.15) is 42.9 Å². The summed E-state index contributed by atoms with van der Waals surface area (Å²) in [4.78, 5) is 27.3. The Morgan fingerprint density at radius 2 is 1.97 bits per heavy atom. The summed E-state index contributed by atoms with van der Waals surface area (Å²) >= 11 is 0. The average Bonchev–Trinajstić information content (AvgIpc) is 2.67. The van der Waals surface area contributed by atoms with Gasteiger partial charge in [0, 0.05) is 18.5 Å². The number of hydrogen-bond acceptors (Lipinski definition) is 5. The number of aliphatic hydroxyl groups is 1. The Bertz CT molecular complexity index is 898. The van der Waals surface area contributed by atoms with Gasteiger partial charge in [-0.1, -0.05) is 25.5 Å². The number of aliphatic carboxylic acids is 1. The standard InChI is InChI=1S/C21H28N2O3.CH2O2/c1-5-9-21(20(25)26)12-23(10-8-17(21)24)18-11-14(3)16-7-6-13(2)15(4)19(16)22-18;2-1-3/h6-7,11,17,24H,5,8-10,12H2,1-4H3,(H,25,26);1H,(H,2,3)/t17-,21+;/m1./s1. The number of aliphatic hydroxyl groups excluding tert-OH is 1. The molecule has 2 heterocycles. The monoisotopic (exact) mass is 402 g/mol. The summed E-state index contributed by atoms with van der Waals surface area (Å²) in [5.41, 5.74) is 3.33. The van der Waals surface area contributed by atoms with E-state index in [1.165, 1.54) is 5.56 Å². The van der Waals surface area contributed by atoms with Crippen LogP contribution in [-0.4, -0.2) is 51.9 Å². The first-order valence-corrected chi connectivity index (χ1v) is 9.83. The third-order valence-corrected chi connectivity index (χ3v) is 5.93. The van der Waals surface area contributed by atoms with E-state index in [0.717, 1.165) is 34.3 Å². The van der Waals surface area contributed by atoms with Crippen molar-refractivity contribution >= 4 is 29.2 Å². The molecule has 3 rings (SSSR count). The van der Waals surface area contributed by atoms with Gasteiger partial charge in [0.2, 0.25) is 0 Å². The minimum Gasteiger partial charge on any atom is -0.483 e. The number of carboxylic acids is 1. The second-order valence-corrected chi connectivity index (χ2v) is 7.74. The minimum atomic E-state index is -1.13. The van der Waals surface area contributed by atoms with Crippen molar-refractivity contribution in [1.29, 1.82) is 0 Å². The first kappa shape index (κ1) is 22.6. The molecule has 0 aliphatic carbocycles. The van der Waals surface area contributed by atoms with Crippen LogP contribution < -0.4 is 4.90 Å². The van der Waals surface area contributed by atoms with Gasteiger partial charge in [-0.2, -0.15) is 0 Å². The molecule has 1 aliphatic rings. The van der Waals surface area contributed by atoms with Crippen molar-refractivity contribution in [1.82, 2.24) is 4.98 Å². The van der Waals surface area contributed by atoms with Crippen LogP contribution in [0.5, 0.6) is 0 Å². The van der Waals surface area contributed by atoms with Crippen LogP contribution in [0.15, 0.2) is 18.2 Å². The highest BCUT2D eigenvalue weighted by molar-refractivity contribution is 5.87. The number of pyridine rings is 1. The van der Waals surface area contributed by atoms with Crippen LogP contribution >= 0.6 is 0 Å². The topological polar surface area (TPSA) is 111 Å². The third kappa shape index (κ3) is 4.34. The van der Waals surface area contributed by atoms with Gasteiger partial charge in [-0.25, -0.2) is 4.98 Å². The van der Waals surface area contributed by atoms with E-state index >= 15 is 0 Å². The van der Waals surface area contributed by atoms with E-state index in [4.69, 9.17) is 14.9 Å². The molecule has 0 bridgehead atoms. The first-order chi connectivity index (χ1) is 13.7. The molecule has 29 heavy (non-hydrogen) atoms. The molecule has 2 atom stereocenters. The second kappa shape index (κ2) is 9.22. The Morgan fingerprint density at radius 3 is 2.55 bits per heavy atom. The van der Waals surface area contributed by atoms with Gasteiger partial charge in [0.1, 0.15) is 11.2 Å². The second-order valence-electron chi connectivity index (χ2n) is 7.74. The average molecular weight is 402 g/mol. The molecule has 7 heteroatoms. The summed E-state index contributed by atoms with van der Waals surface area (Å²) in [7, 11) is 0. The smallest absolute Gasteiger partial charge is 0.314 e. The summed E-state index contributed by atoms with van der Waals surface area (Å²) in [5, 5.41) is 28.3. The number of anilines is 1. The van der Waals surface area contributed by atoms with E-state index in [-0.39, 0.29) is 6.47 Å². The Morgan fingerprint density at radius 1 is 1.31 bits per heavy atom. The predicted molar refractivity (Wildman–Crippen MR) is 112 cm³/mol. The van der Waals surface area contributed by atoms with Crippen LogP contribution in [0.2, 0.25) is 0 Å². The first-order valence-electron chi connectivity index (χ1n) is 9.83. The van der Waals surface area contributed by atoms with Crippen molar-refractivity contribution in [3.63, 3.8) is 0 Å². The van der Waals surface area contributed by atoms with Crippen LogP contribution in [0, 0.1) is 26.2 Å². The molecule has 7 nitrogen and oxygen atoms in total. The third-order valence-electron chi connectivity index (χ3n) is 5.93. The maximum absolute atomic E-state index is 12.0. The number of fused-ring (bicyclic) bond motifs is 1. The van der Waals surface area contributed by atoms with Crippen molar-refractivity contribution < 1.29 is 24.9 Å². The van der Waals surface area contributed by atoms with Gasteiger partial charge < -0.3 is 20.2 Å². The Hall–Kier alpha value is -2.67. The molecule has 1 aromatic heterocycles. The Kier molecular flexibility index (Phi) is 7.19. The molecule has 3 N–H and O–H groups in total. The highest BCUT2D eigenvalue weighted by Crippen LogP contribution is 2.38. The van der Waals surface area contributed by atoms with Gasteiger partial charge in [0.15, 0.2) is 0 Å². The summed E-state index contributed by atoms with van der Waals surface area (Å²) in [6.07, 6.45) is 0.809.